The summed E-state index contributed by atoms with van der Waals surface area (Å²) in [6, 6.07) is 6.39. The van der Waals surface area contributed by atoms with Crippen LogP contribution in [0, 0.1) is 23.7 Å². The number of imide groups is 1. The summed E-state index contributed by atoms with van der Waals surface area (Å²) < 4.78 is 5.09. The van der Waals surface area contributed by atoms with Gasteiger partial charge in [-0.15, -0.1) is 0 Å². The Bertz CT molecular complexity index is 821. The molecule has 2 saturated carbocycles. The molecule has 1 heterocycles. The molecular formula is C22H26N2O5. The summed E-state index contributed by atoms with van der Waals surface area (Å²) in [5.41, 5.74) is 1.77. The van der Waals surface area contributed by atoms with Gasteiger partial charge in [-0.2, -0.15) is 0 Å². The summed E-state index contributed by atoms with van der Waals surface area (Å²) in [7, 11) is 0. The number of benzene rings is 1. The van der Waals surface area contributed by atoms with Crippen molar-refractivity contribution in [3.63, 3.8) is 0 Å². The molecule has 1 saturated heterocycles. The number of carbonyl (C=O) groups is 4. The second-order valence-corrected chi connectivity index (χ2v) is 8.31. The predicted octanol–water partition coefficient (Wildman–Crippen LogP) is 2.15. The van der Waals surface area contributed by atoms with Crippen LogP contribution in [0.3, 0.4) is 0 Å². The zero-order valence-electron chi connectivity index (χ0n) is 16.7. The third-order valence-corrected chi connectivity index (χ3v) is 6.68. The number of carbonyl (C=O) groups excluding carboxylic acids is 4. The van der Waals surface area contributed by atoms with Gasteiger partial charge in [-0.1, -0.05) is 19.1 Å². The van der Waals surface area contributed by atoms with E-state index in [-0.39, 0.29) is 35.5 Å². The predicted molar refractivity (Wildman–Crippen MR) is 105 cm³/mol. The van der Waals surface area contributed by atoms with E-state index in [1.807, 2.05) is 19.1 Å². The molecule has 3 fully saturated rings. The maximum atomic E-state index is 12.8. The molecule has 5 atom stereocenters. The third kappa shape index (κ3) is 3.43. The van der Waals surface area contributed by atoms with Crippen LogP contribution in [0.15, 0.2) is 24.3 Å². The van der Waals surface area contributed by atoms with Gasteiger partial charge in [-0.3, -0.25) is 19.3 Å². The molecule has 0 spiro atoms. The first-order valence-electron chi connectivity index (χ1n) is 10.3. The Balaban J connectivity index is 1.32. The lowest BCUT2D eigenvalue weighted by Gasteiger charge is -2.23. The molecule has 7 nitrogen and oxygen atoms in total. The number of likely N-dealkylation sites (tertiary alicyclic amines) is 1. The van der Waals surface area contributed by atoms with E-state index in [9.17, 15) is 19.2 Å². The average molecular weight is 398 g/mol. The van der Waals surface area contributed by atoms with E-state index in [1.165, 1.54) is 6.92 Å². The fourth-order valence-corrected chi connectivity index (χ4v) is 5.20. The number of aryl methyl sites for hydroxylation is 1. The molecule has 0 aromatic heterocycles. The molecule has 4 rings (SSSR count). The number of nitrogens with zero attached hydrogens (tertiary/aromatic N) is 1. The molecule has 3 amide bonds. The van der Waals surface area contributed by atoms with Crippen LogP contribution in [0.2, 0.25) is 0 Å². The zero-order valence-corrected chi connectivity index (χ0v) is 16.7. The summed E-state index contributed by atoms with van der Waals surface area (Å²) in [6.07, 6.45) is 3.81. The summed E-state index contributed by atoms with van der Waals surface area (Å²) in [5.74, 6) is -1.73. The van der Waals surface area contributed by atoms with Crippen LogP contribution in [0.4, 0.5) is 5.69 Å². The van der Waals surface area contributed by atoms with Gasteiger partial charge >= 0.3 is 5.97 Å². The minimum Gasteiger partial charge on any atom is -0.454 e. The second kappa shape index (κ2) is 7.61. The molecule has 0 unspecified atom stereocenters. The summed E-state index contributed by atoms with van der Waals surface area (Å²) in [5, 5.41) is 2.66. The van der Waals surface area contributed by atoms with Crippen molar-refractivity contribution in [3.8, 4) is 0 Å². The monoisotopic (exact) mass is 398 g/mol. The fourth-order valence-electron chi connectivity index (χ4n) is 5.20. The van der Waals surface area contributed by atoms with Gasteiger partial charge in [0.1, 0.15) is 6.04 Å². The number of anilines is 1. The number of esters is 1. The molecular weight excluding hydrogens is 372 g/mol. The highest BCUT2D eigenvalue weighted by molar-refractivity contribution is 6.08. The van der Waals surface area contributed by atoms with Crippen molar-refractivity contribution in [2.24, 2.45) is 23.7 Å². The van der Waals surface area contributed by atoms with Crippen molar-refractivity contribution >= 4 is 29.4 Å². The smallest absolute Gasteiger partial charge is 0.329 e. The van der Waals surface area contributed by atoms with Crippen molar-refractivity contribution in [2.75, 3.05) is 11.9 Å². The van der Waals surface area contributed by atoms with Gasteiger partial charge < -0.3 is 10.1 Å². The van der Waals surface area contributed by atoms with Crippen LogP contribution in [-0.4, -0.2) is 41.2 Å². The van der Waals surface area contributed by atoms with Gasteiger partial charge in [0, 0.05) is 5.69 Å². The normalized spacial score (nSPS) is 28.4. The lowest BCUT2D eigenvalue weighted by molar-refractivity contribution is -0.159. The lowest BCUT2D eigenvalue weighted by Crippen LogP contribution is -2.45. The number of nitrogens with one attached hydrogen (secondary N) is 1. The Labute approximate surface area is 169 Å². The molecule has 1 aliphatic heterocycles. The fraction of sp³-hybridized carbons (Fsp3) is 0.545. The van der Waals surface area contributed by atoms with Crippen molar-refractivity contribution in [2.45, 2.75) is 45.6 Å². The molecule has 154 valence electrons. The maximum Gasteiger partial charge on any atom is 0.329 e. The average Bonchev–Trinajstić information content (AvgIpc) is 3.40. The quantitative estimate of drug-likeness (QED) is 0.585. The van der Waals surface area contributed by atoms with E-state index in [4.69, 9.17) is 4.74 Å². The van der Waals surface area contributed by atoms with E-state index in [2.05, 4.69) is 5.32 Å². The molecule has 2 bridgehead atoms. The first-order chi connectivity index (χ1) is 13.9. The second-order valence-electron chi connectivity index (χ2n) is 8.31. The lowest BCUT2D eigenvalue weighted by atomic mass is 9.81. The number of hydrogen-bond acceptors (Lipinski definition) is 5. The topological polar surface area (TPSA) is 92.8 Å². The van der Waals surface area contributed by atoms with Gasteiger partial charge in [-0.25, -0.2) is 4.79 Å². The van der Waals surface area contributed by atoms with E-state index >= 15 is 0 Å². The minimum absolute atomic E-state index is 0.253. The van der Waals surface area contributed by atoms with Crippen molar-refractivity contribution in [3.05, 3.63) is 29.8 Å². The van der Waals surface area contributed by atoms with Gasteiger partial charge in [0.25, 0.3) is 5.91 Å². The number of fused-ring (bicyclic) bond motifs is 5. The molecule has 29 heavy (non-hydrogen) atoms. The maximum absolute atomic E-state index is 12.8. The van der Waals surface area contributed by atoms with E-state index < -0.39 is 24.5 Å². The first kappa shape index (κ1) is 19.6. The molecule has 2 aliphatic carbocycles. The van der Waals surface area contributed by atoms with Crippen LogP contribution >= 0.6 is 0 Å². The summed E-state index contributed by atoms with van der Waals surface area (Å²) >= 11 is 0. The Morgan fingerprint density at radius 1 is 1.10 bits per heavy atom. The Morgan fingerprint density at radius 3 is 2.24 bits per heavy atom. The Morgan fingerprint density at radius 2 is 1.69 bits per heavy atom. The molecule has 7 heteroatoms. The van der Waals surface area contributed by atoms with E-state index in [0.717, 1.165) is 36.1 Å². The Hall–Kier alpha value is -2.70. The van der Waals surface area contributed by atoms with Crippen LogP contribution in [-0.2, 0) is 30.3 Å². The van der Waals surface area contributed by atoms with Crippen LogP contribution in [0.25, 0.3) is 0 Å². The van der Waals surface area contributed by atoms with Crippen LogP contribution < -0.4 is 5.32 Å². The molecule has 0 radical (unpaired) electrons. The minimum atomic E-state index is -1.02. The highest BCUT2D eigenvalue weighted by Gasteiger charge is 2.62. The number of ether oxygens (including phenoxy) is 1. The number of rotatable bonds is 6. The van der Waals surface area contributed by atoms with Crippen LogP contribution in [0.1, 0.15) is 38.7 Å². The van der Waals surface area contributed by atoms with E-state index in [1.54, 1.807) is 12.1 Å². The third-order valence-electron chi connectivity index (χ3n) is 6.68. The van der Waals surface area contributed by atoms with Crippen molar-refractivity contribution in [1.29, 1.82) is 0 Å². The first-order valence-corrected chi connectivity index (χ1v) is 10.3. The highest BCUT2D eigenvalue weighted by Crippen LogP contribution is 2.56. The van der Waals surface area contributed by atoms with Gasteiger partial charge in [0.2, 0.25) is 11.8 Å². The van der Waals surface area contributed by atoms with Gasteiger partial charge in [-0.05, 0) is 62.1 Å². The van der Waals surface area contributed by atoms with Crippen LogP contribution in [0.5, 0.6) is 0 Å². The van der Waals surface area contributed by atoms with Crippen molar-refractivity contribution in [1.82, 2.24) is 4.90 Å². The molecule has 3 aliphatic rings. The Kier molecular flexibility index (Phi) is 5.15. The zero-order chi connectivity index (χ0) is 20.7. The van der Waals surface area contributed by atoms with E-state index in [0.29, 0.717) is 5.69 Å². The van der Waals surface area contributed by atoms with Gasteiger partial charge in [0.05, 0.1) is 11.8 Å². The van der Waals surface area contributed by atoms with Crippen molar-refractivity contribution < 1.29 is 23.9 Å². The number of hydrogen-bond donors (Lipinski definition) is 1. The molecule has 1 aromatic rings. The standard InChI is InChI=1S/C22H26N2O5/c1-3-13-4-8-16(9-5-13)23-17(25)11-29-22(28)12(2)24-20(26)18-14-6-7-15(10-14)19(18)21(24)27/h4-5,8-9,12,14-15,18-19H,3,6-7,10-11H2,1-2H3,(H,23,25)/t12-,14+,15+,18-,19+/m1/s1. The summed E-state index contributed by atoms with van der Waals surface area (Å²) in [4.78, 5) is 51.1. The molecule has 1 aromatic carbocycles. The van der Waals surface area contributed by atoms with Gasteiger partial charge in [0.15, 0.2) is 6.61 Å². The highest BCUT2D eigenvalue weighted by atomic mass is 16.5. The number of amides is 3. The summed E-state index contributed by atoms with van der Waals surface area (Å²) in [6.45, 7) is 3.07. The molecule has 1 N–H and O–H groups in total. The SMILES string of the molecule is CCc1ccc(NC(=O)COC(=O)[C@@H](C)N2C(=O)[C@@H]3[C@H]4CC[C@@H](C4)[C@@H]3C2=O)cc1. The largest absolute Gasteiger partial charge is 0.454 e.